The Morgan fingerprint density at radius 3 is 2.71 bits per heavy atom. The summed E-state index contributed by atoms with van der Waals surface area (Å²) < 4.78 is 64.0. The zero-order valence-corrected chi connectivity index (χ0v) is 12.8. The van der Waals surface area contributed by atoms with Crippen molar-refractivity contribution in [3.63, 3.8) is 0 Å². The van der Waals surface area contributed by atoms with Crippen LogP contribution in [0.4, 0.5) is 13.2 Å². The third-order valence-electron chi connectivity index (χ3n) is 3.44. The van der Waals surface area contributed by atoms with Gasteiger partial charge in [-0.3, -0.25) is 0 Å². The quantitative estimate of drug-likeness (QED) is 0.912. The SMILES string of the molecule is O=S(=O)(c1ccc(CCO)s1)N1CCCC(C(F)(F)F)C1. The summed E-state index contributed by atoms with van der Waals surface area (Å²) in [6.45, 7) is -0.499. The van der Waals surface area contributed by atoms with E-state index in [9.17, 15) is 21.6 Å². The van der Waals surface area contributed by atoms with Crippen molar-refractivity contribution < 1.29 is 26.7 Å². The smallest absolute Gasteiger partial charge is 0.393 e. The summed E-state index contributed by atoms with van der Waals surface area (Å²) in [6, 6.07) is 2.97. The number of piperidine rings is 1. The topological polar surface area (TPSA) is 57.6 Å². The molecule has 1 N–H and O–H groups in total. The van der Waals surface area contributed by atoms with Crippen LogP contribution in [0.2, 0.25) is 0 Å². The number of nitrogens with zero attached hydrogens (tertiary/aromatic N) is 1. The van der Waals surface area contributed by atoms with Gasteiger partial charge < -0.3 is 5.11 Å². The summed E-state index contributed by atoms with van der Waals surface area (Å²) in [7, 11) is -3.88. The Bertz CT molecular complexity index is 583. The van der Waals surface area contributed by atoms with Gasteiger partial charge in [-0.05, 0) is 25.0 Å². The van der Waals surface area contributed by atoms with Gasteiger partial charge in [0, 0.05) is 31.0 Å². The Labute approximate surface area is 125 Å². The first-order valence-electron chi connectivity index (χ1n) is 6.51. The van der Waals surface area contributed by atoms with E-state index >= 15 is 0 Å². The van der Waals surface area contributed by atoms with Crippen molar-refractivity contribution in [1.82, 2.24) is 4.31 Å². The highest BCUT2D eigenvalue weighted by atomic mass is 32.2. The minimum Gasteiger partial charge on any atom is -0.396 e. The Morgan fingerprint density at radius 2 is 2.10 bits per heavy atom. The van der Waals surface area contributed by atoms with E-state index in [2.05, 4.69) is 0 Å². The van der Waals surface area contributed by atoms with Crippen LogP contribution in [-0.4, -0.2) is 43.7 Å². The maximum Gasteiger partial charge on any atom is 0.393 e. The molecule has 1 aliphatic heterocycles. The Morgan fingerprint density at radius 1 is 1.38 bits per heavy atom. The van der Waals surface area contributed by atoms with E-state index in [1.54, 1.807) is 6.07 Å². The van der Waals surface area contributed by atoms with Crippen molar-refractivity contribution in [1.29, 1.82) is 0 Å². The summed E-state index contributed by atoms with van der Waals surface area (Å²) in [4.78, 5) is 0.695. The molecule has 1 aromatic rings. The lowest BCUT2D eigenvalue weighted by molar-refractivity contribution is -0.182. The van der Waals surface area contributed by atoms with Gasteiger partial charge in [-0.1, -0.05) is 0 Å². The molecular formula is C12H16F3NO3S2. The monoisotopic (exact) mass is 343 g/mol. The van der Waals surface area contributed by atoms with Crippen LogP contribution < -0.4 is 0 Å². The summed E-state index contributed by atoms with van der Waals surface area (Å²) >= 11 is 0.996. The Hall–Kier alpha value is -0.640. The van der Waals surface area contributed by atoms with E-state index < -0.39 is 28.7 Å². The van der Waals surface area contributed by atoms with Crippen molar-refractivity contribution in [2.24, 2.45) is 5.92 Å². The second kappa shape index (κ2) is 6.23. The highest BCUT2D eigenvalue weighted by molar-refractivity contribution is 7.91. The molecule has 21 heavy (non-hydrogen) atoms. The molecule has 0 aliphatic carbocycles. The van der Waals surface area contributed by atoms with E-state index in [0.29, 0.717) is 11.3 Å². The first-order chi connectivity index (χ1) is 9.75. The molecule has 120 valence electrons. The Kier molecular flexibility index (Phi) is 4.96. The van der Waals surface area contributed by atoms with Crippen LogP contribution in [0, 0.1) is 5.92 Å². The minimum atomic E-state index is -4.37. The van der Waals surface area contributed by atoms with Crippen molar-refractivity contribution in [3.05, 3.63) is 17.0 Å². The fourth-order valence-corrected chi connectivity index (χ4v) is 5.32. The van der Waals surface area contributed by atoms with E-state index in [1.807, 2.05) is 0 Å². The maximum absolute atomic E-state index is 12.8. The minimum absolute atomic E-state index is 0.0320. The summed E-state index contributed by atoms with van der Waals surface area (Å²) in [6.07, 6.45) is -3.86. The van der Waals surface area contributed by atoms with E-state index in [-0.39, 0.29) is 30.2 Å². The van der Waals surface area contributed by atoms with E-state index in [1.165, 1.54) is 6.07 Å². The Balaban J connectivity index is 2.18. The number of alkyl halides is 3. The molecule has 0 amide bonds. The van der Waals surface area contributed by atoms with Crippen molar-refractivity contribution in [2.45, 2.75) is 29.6 Å². The number of aliphatic hydroxyl groups excluding tert-OH is 1. The average molecular weight is 343 g/mol. The second-order valence-corrected chi connectivity index (χ2v) is 8.27. The molecule has 0 radical (unpaired) electrons. The van der Waals surface area contributed by atoms with Crippen LogP contribution in [0.15, 0.2) is 16.3 Å². The molecule has 1 unspecified atom stereocenters. The lowest BCUT2D eigenvalue weighted by Crippen LogP contribution is -2.44. The summed E-state index contributed by atoms with van der Waals surface area (Å²) in [5.74, 6) is -1.60. The lowest BCUT2D eigenvalue weighted by Gasteiger charge is -2.32. The van der Waals surface area contributed by atoms with Gasteiger partial charge in [-0.2, -0.15) is 17.5 Å². The standard InChI is InChI=1S/C12H16F3NO3S2/c13-12(14,15)9-2-1-6-16(8-9)21(18,19)11-4-3-10(20-11)5-7-17/h3-4,9,17H,1-2,5-8H2. The van der Waals surface area contributed by atoms with Gasteiger partial charge in [-0.25, -0.2) is 8.42 Å². The molecule has 0 bridgehead atoms. The van der Waals surface area contributed by atoms with Gasteiger partial charge >= 0.3 is 6.18 Å². The molecule has 1 saturated heterocycles. The van der Waals surface area contributed by atoms with Crippen LogP contribution in [0.5, 0.6) is 0 Å². The van der Waals surface area contributed by atoms with E-state index in [4.69, 9.17) is 5.11 Å². The zero-order valence-electron chi connectivity index (χ0n) is 11.1. The largest absolute Gasteiger partial charge is 0.396 e. The van der Waals surface area contributed by atoms with Gasteiger partial charge in [0.15, 0.2) is 0 Å². The van der Waals surface area contributed by atoms with E-state index in [0.717, 1.165) is 15.6 Å². The van der Waals surface area contributed by atoms with Crippen LogP contribution in [0.3, 0.4) is 0 Å². The fourth-order valence-electron chi connectivity index (χ4n) is 2.30. The molecule has 2 rings (SSSR count). The van der Waals surface area contributed by atoms with Crippen molar-refractivity contribution >= 4 is 21.4 Å². The highest BCUT2D eigenvalue weighted by Crippen LogP contribution is 2.35. The maximum atomic E-state index is 12.8. The van der Waals surface area contributed by atoms with Crippen LogP contribution in [0.1, 0.15) is 17.7 Å². The van der Waals surface area contributed by atoms with Gasteiger partial charge in [0.25, 0.3) is 10.0 Å². The zero-order chi connectivity index (χ0) is 15.7. The van der Waals surface area contributed by atoms with Crippen molar-refractivity contribution in [3.8, 4) is 0 Å². The molecule has 0 saturated carbocycles. The molecule has 2 heterocycles. The number of rotatable bonds is 4. The molecule has 1 aromatic heterocycles. The van der Waals surface area contributed by atoms with Crippen LogP contribution >= 0.6 is 11.3 Å². The van der Waals surface area contributed by atoms with Gasteiger partial charge in [-0.15, -0.1) is 11.3 Å². The normalized spacial score (nSPS) is 21.6. The van der Waals surface area contributed by atoms with Gasteiger partial charge in [0.1, 0.15) is 4.21 Å². The van der Waals surface area contributed by atoms with Gasteiger partial charge in [0.2, 0.25) is 0 Å². The third kappa shape index (κ3) is 3.77. The predicted molar refractivity (Wildman–Crippen MR) is 72.6 cm³/mol. The number of thiophene rings is 1. The molecule has 0 spiro atoms. The number of hydrogen-bond donors (Lipinski definition) is 1. The molecule has 1 fully saturated rings. The summed E-state index contributed by atoms with van der Waals surface area (Å²) in [5, 5.41) is 8.83. The predicted octanol–water partition coefficient (Wildman–Crippen LogP) is 2.25. The number of hydrogen-bond acceptors (Lipinski definition) is 4. The first-order valence-corrected chi connectivity index (χ1v) is 8.77. The summed E-state index contributed by atoms with van der Waals surface area (Å²) in [5.41, 5.74) is 0. The lowest BCUT2D eigenvalue weighted by atomic mass is 9.99. The highest BCUT2D eigenvalue weighted by Gasteiger charge is 2.44. The number of sulfonamides is 1. The molecule has 0 aromatic carbocycles. The van der Waals surface area contributed by atoms with Gasteiger partial charge in [0.05, 0.1) is 5.92 Å². The second-order valence-electron chi connectivity index (χ2n) is 4.94. The average Bonchev–Trinajstić information content (AvgIpc) is 2.88. The molecule has 1 atom stereocenters. The molecular weight excluding hydrogens is 327 g/mol. The van der Waals surface area contributed by atoms with Crippen LogP contribution in [-0.2, 0) is 16.4 Å². The number of aliphatic hydroxyl groups is 1. The van der Waals surface area contributed by atoms with Crippen LogP contribution in [0.25, 0.3) is 0 Å². The van der Waals surface area contributed by atoms with Crippen molar-refractivity contribution in [2.75, 3.05) is 19.7 Å². The molecule has 4 nitrogen and oxygen atoms in total. The third-order valence-corrected chi connectivity index (χ3v) is 6.91. The number of halogens is 3. The first kappa shape index (κ1) is 16.7. The molecule has 1 aliphatic rings. The fraction of sp³-hybridized carbons (Fsp3) is 0.667. The molecule has 9 heteroatoms.